The van der Waals surface area contributed by atoms with Crippen LogP contribution in [0.2, 0.25) is 0 Å². The van der Waals surface area contributed by atoms with Gasteiger partial charge < -0.3 is 24.4 Å². The van der Waals surface area contributed by atoms with Crippen molar-refractivity contribution in [2.45, 2.75) is 32.1 Å². The maximum absolute atomic E-state index is 13.7. The number of anilines is 2. The van der Waals surface area contributed by atoms with Crippen molar-refractivity contribution in [2.75, 3.05) is 34.6 Å². The summed E-state index contributed by atoms with van der Waals surface area (Å²) in [5.74, 6) is -1.87. The molecule has 13 heteroatoms. The molecule has 4 aromatic carbocycles. The average molecular weight is 733 g/mol. The van der Waals surface area contributed by atoms with Crippen LogP contribution in [-0.2, 0) is 32.3 Å². The minimum absolute atomic E-state index is 0.0127. The van der Waals surface area contributed by atoms with Gasteiger partial charge in [0.15, 0.2) is 0 Å². The van der Waals surface area contributed by atoms with Gasteiger partial charge in [-0.3, -0.25) is 9.59 Å². The Morgan fingerprint density at radius 2 is 1.27 bits per heavy atom. The van der Waals surface area contributed by atoms with Crippen LogP contribution in [0.3, 0.4) is 0 Å². The van der Waals surface area contributed by atoms with Crippen LogP contribution >= 0.6 is 23.2 Å². The minimum atomic E-state index is -1.14. The number of nitrogens with one attached hydrogen (secondary N) is 1. The van der Waals surface area contributed by atoms with Crippen molar-refractivity contribution in [1.29, 1.82) is 0 Å². The number of piperidine rings is 1. The molecule has 0 spiro atoms. The van der Waals surface area contributed by atoms with E-state index < -0.39 is 35.9 Å². The van der Waals surface area contributed by atoms with E-state index in [1.165, 1.54) is 18.2 Å². The Hall–Kier alpha value is -5.39. The lowest BCUT2D eigenvalue weighted by Crippen LogP contribution is -2.55. The summed E-state index contributed by atoms with van der Waals surface area (Å²) in [6.07, 6.45) is -1.00. The molecule has 0 unspecified atom stereocenters. The van der Waals surface area contributed by atoms with Crippen molar-refractivity contribution in [3.05, 3.63) is 125 Å². The van der Waals surface area contributed by atoms with Crippen molar-refractivity contribution < 1.29 is 38.2 Å². The summed E-state index contributed by atoms with van der Waals surface area (Å²) < 4.78 is 16.4. The van der Waals surface area contributed by atoms with E-state index in [0.29, 0.717) is 24.8 Å². The zero-order valence-electron chi connectivity index (χ0n) is 27.5. The molecule has 1 aliphatic rings. The fourth-order valence-corrected chi connectivity index (χ4v) is 5.76. The van der Waals surface area contributed by atoms with Gasteiger partial charge in [0.25, 0.3) is 5.91 Å². The summed E-state index contributed by atoms with van der Waals surface area (Å²) in [5.41, 5.74) is 2.10. The molecule has 0 bridgehead atoms. The van der Waals surface area contributed by atoms with Crippen LogP contribution in [0.4, 0.5) is 16.2 Å². The standard InChI is InChI=1S/C38H35Cl2N3O8/c39-17-19-42(20-18-40)30-11-13-32(14-12-30)51-38(48)41-33-15-16-34(44)43(35(33)45)31-22-28(36(46)49-24-26-7-3-1-4-8-26)21-29(23-31)37(47)50-25-27-9-5-2-6-10-27/h1-14,21-23,33H,15-20,24-25H2,(H,41,48)/t33-/m0/s1. The molecule has 264 valence electrons. The van der Waals surface area contributed by atoms with E-state index in [1.807, 2.05) is 17.0 Å². The number of carbonyl (C=O) groups excluding carboxylic acids is 5. The second-order valence-corrected chi connectivity index (χ2v) is 12.2. The Morgan fingerprint density at radius 3 is 1.78 bits per heavy atom. The van der Waals surface area contributed by atoms with Crippen molar-refractivity contribution >= 4 is 64.4 Å². The predicted octanol–water partition coefficient (Wildman–Crippen LogP) is 6.50. The first kappa shape index (κ1) is 36.9. The monoisotopic (exact) mass is 731 g/mol. The zero-order valence-corrected chi connectivity index (χ0v) is 29.0. The molecule has 1 fully saturated rings. The maximum atomic E-state index is 13.7. The van der Waals surface area contributed by atoms with E-state index in [1.54, 1.807) is 72.8 Å². The Labute approximate surface area is 305 Å². The van der Waals surface area contributed by atoms with Gasteiger partial charge in [0, 0.05) is 37.0 Å². The molecule has 1 heterocycles. The number of benzene rings is 4. The van der Waals surface area contributed by atoms with Gasteiger partial charge in [-0.15, -0.1) is 23.2 Å². The van der Waals surface area contributed by atoms with E-state index in [9.17, 15) is 24.0 Å². The molecule has 0 aliphatic carbocycles. The van der Waals surface area contributed by atoms with Crippen molar-refractivity contribution in [3.63, 3.8) is 0 Å². The topological polar surface area (TPSA) is 132 Å². The quantitative estimate of drug-likeness (QED) is 0.0878. The molecule has 0 saturated carbocycles. The van der Waals surface area contributed by atoms with Crippen molar-refractivity contribution in [2.24, 2.45) is 0 Å². The van der Waals surface area contributed by atoms with Gasteiger partial charge in [-0.2, -0.15) is 0 Å². The highest BCUT2D eigenvalue weighted by molar-refractivity contribution is 6.20. The molecule has 0 aromatic heterocycles. The number of alkyl halides is 2. The largest absolute Gasteiger partial charge is 0.457 e. The zero-order chi connectivity index (χ0) is 36.2. The number of amides is 3. The molecule has 0 radical (unpaired) electrons. The number of nitrogens with zero attached hydrogens (tertiary/aromatic N) is 2. The van der Waals surface area contributed by atoms with Gasteiger partial charge in [0.2, 0.25) is 5.91 Å². The Kier molecular flexibility index (Phi) is 13.0. The molecular weight excluding hydrogens is 697 g/mol. The molecular formula is C38H35Cl2N3O8. The van der Waals surface area contributed by atoms with Crippen molar-refractivity contribution in [3.8, 4) is 5.75 Å². The lowest BCUT2D eigenvalue weighted by Gasteiger charge is -2.31. The molecule has 11 nitrogen and oxygen atoms in total. The number of hydrogen-bond donors (Lipinski definition) is 1. The number of esters is 2. The summed E-state index contributed by atoms with van der Waals surface area (Å²) in [6, 6.07) is 27.4. The normalized spacial score (nSPS) is 14.1. The number of imide groups is 1. The van der Waals surface area contributed by atoms with Gasteiger partial charge in [-0.25, -0.2) is 19.3 Å². The first-order valence-corrected chi connectivity index (χ1v) is 17.2. The summed E-state index contributed by atoms with van der Waals surface area (Å²) in [6.45, 7) is 1.08. The Bertz CT molecular complexity index is 1760. The van der Waals surface area contributed by atoms with Gasteiger partial charge in [0.05, 0.1) is 16.8 Å². The lowest BCUT2D eigenvalue weighted by molar-refractivity contribution is -0.130. The minimum Gasteiger partial charge on any atom is -0.457 e. The van der Waals surface area contributed by atoms with E-state index in [2.05, 4.69) is 5.32 Å². The molecule has 4 aromatic rings. The molecule has 5 rings (SSSR count). The highest BCUT2D eigenvalue weighted by Gasteiger charge is 2.37. The fraction of sp³-hybridized carbons (Fsp3) is 0.237. The second-order valence-electron chi connectivity index (χ2n) is 11.4. The number of rotatable bonds is 14. The number of carbonyl (C=O) groups is 5. The van der Waals surface area contributed by atoms with Crippen LogP contribution in [0.15, 0.2) is 103 Å². The van der Waals surface area contributed by atoms with Gasteiger partial charge in [-0.05, 0) is 60.0 Å². The number of halogens is 2. The summed E-state index contributed by atoms with van der Waals surface area (Å²) in [7, 11) is 0. The fourth-order valence-electron chi connectivity index (χ4n) is 5.35. The van der Waals surface area contributed by atoms with E-state index in [-0.39, 0.29) is 48.6 Å². The maximum Gasteiger partial charge on any atom is 0.413 e. The lowest BCUT2D eigenvalue weighted by atomic mass is 10.0. The van der Waals surface area contributed by atoms with Crippen LogP contribution in [0.1, 0.15) is 44.7 Å². The first-order valence-electron chi connectivity index (χ1n) is 16.1. The van der Waals surface area contributed by atoms with Crippen LogP contribution in [0, 0.1) is 0 Å². The van der Waals surface area contributed by atoms with Crippen LogP contribution in [0.5, 0.6) is 5.75 Å². The Balaban J connectivity index is 1.33. The van der Waals surface area contributed by atoms with E-state index in [4.69, 9.17) is 37.4 Å². The van der Waals surface area contributed by atoms with Crippen LogP contribution in [-0.4, -0.2) is 60.7 Å². The van der Waals surface area contributed by atoms with Gasteiger partial charge >= 0.3 is 18.0 Å². The number of hydrogen-bond acceptors (Lipinski definition) is 9. The van der Waals surface area contributed by atoms with Crippen LogP contribution < -0.4 is 19.9 Å². The molecule has 51 heavy (non-hydrogen) atoms. The summed E-state index contributed by atoms with van der Waals surface area (Å²) in [5, 5.41) is 2.53. The van der Waals surface area contributed by atoms with Crippen molar-refractivity contribution in [1.82, 2.24) is 5.32 Å². The molecule has 3 amide bonds. The van der Waals surface area contributed by atoms with E-state index >= 15 is 0 Å². The Morgan fingerprint density at radius 1 is 0.745 bits per heavy atom. The van der Waals surface area contributed by atoms with Gasteiger partial charge in [-0.1, -0.05) is 60.7 Å². The highest BCUT2D eigenvalue weighted by atomic mass is 35.5. The predicted molar refractivity (Wildman–Crippen MR) is 192 cm³/mol. The van der Waals surface area contributed by atoms with E-state index in [0.717, 1.165) is 21.7 Å². The first-order chi connectivity index (χ1) is 24.7. The SMILES string of the molecule is O=C(N[C@H]1CCC(=O)N(c2cc(C(=O)OCc3ccccc3)cc(C(=O)OCc3ccccc3)c2)C1=O)Oc1ccc(N(CCCl)CCCl)cc1. The average Bonchev–Trinajstić information content (AvgIpc) is 3.15. The molecule has 1 atom stereocenters. The third-order valence-corrected chi connectivity index (χ3v) is 8.24. The number of ether oxygens (including phenoxy) is 3. The summed E-state index contributed by atoms with van der Waals surface area (Å²) >= 11 is 11.8. The second kappa shape index (κ2) is 18.0. The molecule has 1 aliphatic heterocycles. The molecule has 1 saturated heterocycles. The highest BCUT2D eigenvalue weighted by Crippen LogP contribution is 2.27. The third-order valence-electron chi connectivity index (χ3n) is 7.90. The molecule has 1 N–H and O–H groups in total. The van der Waals surface area contributed by atoms with Gasteiger partial charge in [0.1, 0.15) is 25.0 Å². The summed E-state index contributed by atoms with van der Waals surface area (Å²) in [4.78, 5) is 69.1. The third kappa shape index (κ3) is 10.1. The smallest absolute Gasteiger partial charge is 0.413 e. The van der Waals surface area contributed by atoms with Crippen LogP contribution in [0.25, 0.3) is 0 Å².